The van der Waals surface area contributed by atoms with E-state index in [4.69, 9.17) is 9.47 Å². The molecule has 7 heteroatoms. The molecule has 4 aromatic carbocycles. The second-order valence-electron chi connectivity index (χ2n) is 8.68. The summed E-state index contributed by atoms with van der Waals surface area (Å²) >= 11 is 0. The average molecular weight is 494 g/mol. The Morgan fingerprint density at radius 3 is 1.92 bits per heavy atom. The zero-order chi connectivity index (χ0) is 25.4. The zero-order valence-electron chi connectivity index (χ0n) is 19.3. The molecule has 0 saturated carbocycles. The summed E-state index contributed by atoms with van der Waals surface area (Å²) in [4.78, 5) is 0. The zero-order valence-corrected chi connectivity index (χ0v) is 19.3. The van der Waals surface area contributed by atoms with E-state index in [9.17, 15) is 22.7 Å². The van der Waals surface area contributed by atoms with Crippen molar-refractivity contribution in [3.63, 3.8) is 0 Å². The predicted octanol–water partition coefficient (Wildman–Crippen LogP) is 7.28. The lowest BCUT2D eigenvalue weighted by Gasteiger charge is -2.12. The fraction of sp³-hybridized carbons (Fsp3) is 0.172. The van der Waals surface area contributed by atoms with Crippen molar-refractivity contribution in [1.82, 2.24) is 0 Å². The number of hydrogen-bond donors (Lipinski definition) is 1. The van der Waals surface area contributed by atoms with Crippen molar-refractivity contribution in [2.45, 2.75) is 25.7 Å². The van der Waals surface area contributed by atoms with Gasteiger partial charge in [-0.15, -0.1) is 0 Å². The van der Waals surface area contributed by atoms with E-state index in [0.29, 0.717) is 28.9 Å². The highest BCUT2D eigenvalue weighted by Crippen LogP contribution is 2.36. The van der Waals surface area contributed by atoms with Gasteiger partial charge in [0.1, 0.15) is 12.7 Å². The van der Waals surface area contributed by atoms with Crippen LogP contribution in [0.4, 0.5) is 17.6 Å². The van der Waals surface area contributed by atoms with Crippen molar-refractivity contribution in [3.05, 3.63) is 113 Å². The van der Waals surface area contributed by atoms with E-state index in [0.717, 1.165) is 0 Å². The molecule has 0 amide bonds. The van der Waals surface area contributed by atoms with Crippen LogP contribution in [0.1, 0.15) is 35.8 Å². The van der Waals surface area contributed by atoms with E-state index in [-0.39, 0.29) is 35.2 Å². The van der Waals surface area contributed by atoms with Gasteiger partial charge in [0.05, 0.1) is 12.7 Å². The fourth-order valence-corrected chi connectivity index (χ4v) is 4.01. The molecule has 0 aliphatic carbocycles. The van der Waals surface area contributed by atoms with Gasteiger partial charge in [-0.1, -0.05) is 60.7 Å². The molecule has 1 aliphatic rings. The molecule has 2 unspecified atom stereocenters. The minimum atomic E-state index is -1.11. The van der Waals surface area contributed by atoms with Gasteiger partial charge in [0.15, 0.2) is 23.2 Å². The van der Waals surface area contributed by atoms with Gasteiger partial charge in [-0.2, -0.15) is 4.39 Å². The Morgan fingerprint density at radius 1 is 0.778 bits per heavy atom. The summed E-state index contributed by atoms with van der Waals surface area (Å²) in [5.41, 5.74) is 2.66. The Kier molecular flexibility index (Phi) is 6.51. The Bertz CT molecular complexity index is 1400. The molecule has 0 aromatic heterocycles. The monoisotopic (exact) mass is 494 g/mol. The second kappa shape index (κ2) is 9.76. The van der Waals surface area contributed by atoms with E-state index in [1.807, 2.05) is 0 Å². The number of aliphatic hydroxyl groups excluding tert-OH is 1. The first kappa shape index (κ1) is 24.0. The maximum Gasteiger partial charge on any atom is 0.201 e. The van der Waals surface area contributed by atoms with Gasteiger partial charge >= 0.3 is 0 Å². The molecule has 0 bridgehead atoms. The van der Waals surface area contributed by atoms with Crippen molar-refractivity contribution < 1.29 is 32.1 Å². The number of halogens is 4. The SMILES string of the molecule is CC(O)c1ccc(-c2ccc(OCc3ccc(-c4ccc(C5CO5)c(F)c4F)cc3)c(F)c2F)cc1. The maximum atomic E-state index is 14.7. The normalized spacial score (nSPS) is 15.6. The summed E-state index contributed by atoms with van der Waals surface area (Å²) < 4.78 is 68.8. The van der Waals surface area contributed by atoms with E-state index in [2.05, 4.69) is 0 Å². The minimum absolute atomic E-state index is 0.0477. The van der Waals surface area contributed by atoms with Gasteiger partial charge in [-0.05, 0) is 41.3 Å². The molecule has 0 spiro atoms. The highest BCUT2D eigenvalue weighted by Gasteiger charge is 2.30. The van der Waals surface area contributed by atoms with E-state index >= 15 is 0 Å². The molecule has 1 aliphatic heterocycles. The molecule has 184 valence electrons. The molecule has 1 heterocycles. The highest BCUT2D eigenvalue weighted by atomic mass is 19.2. The molecule has 1 fully saturated rings. The lowest BCUT2D eigenvalue weighted by Crippen LogP contribution is -2.01. The molecule has 4 aromatic rings. The van der Waals surface area contributed by atoms with Gasteiger partial charge in [-0.3, -0.25) is 0 Å². The van der Waals surface area contributed by atoms with Crippen LogP contribution in [-0.2, 0) is 11.3 Å². The summed E-state index contributed by atoms with van der Waals surface area (Å²) in [6, 6.07) is 18.9. The Balaban J connectivity index is 1.29. The number of ether oxygens (including phenoxy) is 2. The van der Waals surface area contributed by atoms with Crippen molar-refractivity contribution in [3.8, 4) is 28.0 Å². The molecule has 0 radical (unpaired) electrons. The number of epoxide rings is 1. The topological polar surface area (TPSA) is 42.0 Å². The Labute approximate surface area is 205 Å². The highest BCUT2D eigenvalue weighted by molar-refractivity contribution is 5.66. The molecule has 3 nitrogen and oxygen atoms in total. The van der Waals surface area contributed by atoms with Gasteiger partial charge in [0.2, 0.25) is 5.82 Å². The first-order valence-electron chi connectivity index (χ1n) is 11.4. The van der Waals surface area contributed by atoms with Gasteiger partial charge < -0.3 is 14.6 Å². The van der Waals surface area contributed by atoms with Crippen LogP contribution >= 0.6 is 0 Å². The van der Waals surface area contributed by atoms with Gasteiger partial charge in [0.25, 0.3) is 0 Å². The third kappa shape index (κ3) is 4.72. The van der Waals surface area contributed by atoms with Crippen molar-refractivity contribution in [1.29, 1.82) is 0 Å². The smallest absolute Gasteiger partial charge is 0.201 e. The van der Waals surface area contributed by atoms with Crippen LogP contribution in [0.15, 0.2) is 72.8 Å². The van der Waals surface area contributed by atoms with Crippen LogP contribution in [0.5, 0.6) is 5.75 Å². The largest absolute Gasteiger partial charge is 0.486 e. The molecule has 1 saturated heterocycles. The number of benzene rings is 4. The standard InChI is InChI=1S/C29H22F4O3/c1-16(34)18-6-8-20(9-7-18)22-12-13-24(29(33)27(22)31)35-14-17-2-4-19(5-3-17)21-10-11-23(25-15-36-25)28(32)26(21)30/h2-13,16,25,34H,14-15H2,1H3. The van der Waals surface area contributed by atoms with Gasteiger partial charge in [-0.25, -0.2) is 13.2 Å². The number of rotatable bonds is 7. The first-order valence-corrected chi connectivity index (χ1v) is 11.4. The van der Waals surface area contributed by atoms with Gasteiger partial charge in [0, 0.05) is 16.7 Å². The van der Waals surface area contributed by atoms with Crippen LogP contribution in [0.2, 0.25) is 0 Å². The van der Waals surface area contributed by atoms with Crippen LogP contribution in [0, 0.1) is 23.3 Å². The summed E-state index contributed by atoms with van der Waals surface area (Å²) in [6.45, 7) is 1.96. The summed E-state index contributed by atoms with van der Waals surface area (Å²) in [7, 11) is 0. The third-order valence-corrected chi connectivity index (χ3v) is 6.20. The quantitative estimate of drug-likeness (QED) is 0.217. The van der Waals surface area contributed by atoms with Crippen molar-refractivity contribution >= 4 is 0 Å². The Hall–Kier alpha value is -3.68. The first-order chi connectivity index (χ1) is 17.3. The number of aliphatic hydroxyl groups is 1. The second-order valence-corrected chi connectivity index (χ2v) is 8.68. The summed E-state index contributed by atoms with van der Waals surface area (Å²) in [5, 5.41) is 9.61. The summed E-state index contributed by atoms with van der Waals surface area (Å²) in [5.74, 6) is -4.24. The molecular weight excluding hydrogens is 472 g/mol. The predicted molar refractivity (Wildman–Crippen MR) is 127 cm³/mol. The van der Waals surface area contributed by atoms with Crippen LogP contribution in [0.25, 0.3) is 22.3 Å². The summed E-state index contributed by atoms with van der Waals surface area (Å²) in [6.07, 6.45) is -1.04. The minimum Gasteiger partial charge on any atom is -0.486 e. The third-order valence-electron chi connectivity index (χ3n) is 6.20. The van der Waals surface area contributed by atoms with Crippen LogP contribution in [0.3, 0.4) is 0 Å². The van der Waals surface area contributed by atoms with Crippen LogP contribution < -0.4 is 4.74 Å². The van der Waals surface area contributed by atoms with Crippen molar-refractivity contribution in [2.24, 2.45) is 0 Å². The Morgan fingerprint density at radius 2 is 1.33 bits per heavy atom. The average Bonchev–Trinajstić information content (AvgIpc) is 3.72. The van der Waals surface area contributed by atoms with Crippen LogP contribution in [-0.4, -0.2) is 11.7 Å². The molecule has 36 heavy (non-hydrogen) atoms. The van der Waals surface area contributed by atoms with E-state index in [1.165, 1.54) is 24.3 Å². The molecule has 5 rings (SSSR count). The lowest BCUT2D eigenvalue weighted by atomic mass is 10.0. The van der Waals surface area contributed by atoms with E-state index in [1.54, 1.807) is 55.5 Å². The van der Waals surface area contributed by atoms with Crippen molar-refractivity contribution in [2.75, 3.05) is 6.61 Å². The molecule has 2 atom stereocenters. The molecular formula is C29H22F4O3. The van der Waals surface area contributed by atoms with E-state index < -0.39 is 29.4 Å². The molecule has 1 N–H and O–H groups in total. The maximum absolute atomic E-state index is 14.7. The number of hydrogen-bond acceptors (Lipinski definition) is 3. The fourth-order valence-electron chi connectivity index (χ4n) is 4.01. The lowest BCUT2D eigenvalue weighted by molar-refractivity contribution is 0.199.